The predicted molar refractivity (Wildman–Crippen MR) is 97.1 cm³/mol. The van der Waals surface area contributed by atoms with Gasteiger partial charge in [-0.05, 0) is 24.3 Å². The van der Waals surface area contributed by atoms with Crippen molar-refractivity contribution in [1.82, 2.24) is 15.0 Å². The molecule has 0 saturated carbocycles. The lowest BCUT2D eigenvalue weighted by Crippen LogP contribution is -2.38. The van der Waals surface area contributed by atoms with Crippen molar-refractivity contribution >= 4 is 34.9 Å². The summed E-state index contributed by atoms with van der Waals surface area (Å²) < 4.78 is 14.1. The van der Waals surface area contributed by atoms with Gasteiger partial charge in [-0.2, -0.15) is 0 Å². The first-order valence-corrected chi connectivity index (χ1v) is 7.97. The lowest BCUT2D eigenvalue weighted by Gasteiger charge is -2.29. The van der Waals surface area contributed by atoms with Gasteiger partial charge in [-0.3, -0.25) is 15.2 Å². The normalized spacial score (nSPS) is 12.9. The molecule has 9 nitrogen and oxygen atoms in total. The van der Waals surface area contributed by atoms with Gasteiger partial charge in [0.2, 0.25) is 0 Å². The number of nitrogens with one attached hydrogen (secondary N) is 4. The van der Waals surface area contributed by atoms with Gasteiger partial charge < -0.3 is 15.6 Å². The number of fused-ring (bicyclic) bond motifs is 1. The zero-order valence-electron chi connectivity index (χ0n) is 13.9. The fourth-order valence-electron chi connectivity index (χ4n) is 2.69. The molecule has 1 aliphatic heterocycles. The summed E-state index contributed by atoms with van der Waals surface area (Å²) >= 11 is 0. The first kappa shape index (κ1) is 16.5. The smallest absolute Gasteiger partial charge is 0.326 e. The van der Waals surface area contributed by atoms with Gasteiger partial charge in [0.25, 0.3) is 0 Å². The van der Waals surface area contributed by atoms with Crippen LogP contribution in [0.5, 0.6) is 0 Å². The van der Waals surface area contributed by atoms with Crippen LogP contribution in [0.15, 0.2) is 49.2 Å². The molecule has 0 saturated heterocycles. The average molecular weight is 367 g/mol. The Kier molecular flexibility index (Phi) is 4.13. The molecule has 136 valence electrons. The molecule has 0 unspecified atom stereocenters. The highest BCUT2D eigenvalue weighted by molar-refractivity contribution is 6.05. The predicted octanol–water partition coefficient (Wildman–Crippen LogP) is 3.14. The molecule has 0 bridgehead atoms. The third-order valence-corrected chi connectivity index (χ3v) is 3.98. The van der Waals surface area contributed by atoms with Gasteiger partial charge in [0.1, 0.15) is 11.6 Å². The summed E-state index contributed by atoms with van der Waals surface area (Å²) in [6.45, 7) is 0.278. The number of pyridine rings is 1. The zero-order valence-corrected chi connectivity index (χ0v) is 13.9. The number of hydrogen-bond acceptors (Lipinski definition) is 4. The molecule has 4 rings (SSSR count). The van der Waals surface area contributed by atoms with Gasteiger partial charge in [0.05, 0.1) is 30.4 Å². The molecule has 3 heterocycles. The van der Waals surface area contributed by atoms with E-state index in [1.54, 1.807) is 18.5 Å². The minimum atomic E-state index is -0.645. The van der Waals surface area contributed by atoms with Crippen LogP contribution >= 0.6 is 0 Å². The van der Waals surface area contributed by atoms with Crippen LogP contribution < -0.4 is 20.9 Å². The summed E-state index contributed by atoms with van der Waals surface area (Å²) in [4.78, 5) is 36.3. The molecular formula is C17H14FN7O2. The van der Waals surface area contributed by atoms with Crippen LogP contribution in [0.4, 0.5) is 36.9 Å². The molecule has 3 aromatic rings. The van der Waals surface area contributed by atoms with Crippen molar-refractivity contribution in [3.8, 4) is 0 Å². The number of halogens is 1. The number of hydrogen-bond donors (Lipinski definition) is 4. The number of aromatic nitrogens is 3. The molecule has 2 aromatic heterocycles. The fraction of sp³-hybridized carbons (Fsp3) is 0.0588. The van der Waals surface area contributed by atoms with Crippen LogP contribution in [0.25, 0.3) is 0 Å². The maximum atomic E-state index is 14.1. The van der Waals surface area contributed by atoms with E-state index in [0.717, 1.165) is 5.56 Å². The number of carbonyl (C=O) groups is 2. The van der Waals surface area contributed by atoms with E-state index in [1.807, 2.05) is 0 Å². The summed E-state index contributed by atoms with van der Waals surface area (Å²) in [6.07, 6.45) is 6.06. The number of benzene rings is 1. The number of urea groups is 2. The molecule has 0 spiro atoms. The molecule has 27 heavy (non-hydrogen) atoms. The van der Waals surface area contributed by atoms with Crippen LogP contribution in [-0.2, 0) is 6.54 Å². The second-order valence-corrected chi connectivity index (χ2v) is 5.76. The maximum Gasteiger partial charge on any atom is 0.326 e. The van der Waals surface area contributed by atoms with Crippen molar-refractivity contribution in [2.24, 2.45) is 0 Å². The van der Waals surface area contributed by atoms with Crippen molar-refractivity contribution < 1.29 is 14.0 Å². The van der Waals surface area contributed by atoms with E-state index in [-0.39, 0.29) is 18.3 Å². The van der Waals surface area contributed by atoms with Crippen LogP contribution in [-0.4, -0.2) is 27.0 Å². The zero-order chi connectivity index (χ0) is 18.8. The van der Waals surface area contributed by atoms with Crippen molar-refractivity contribution in [2.45, 2.75) is 6.54 Å². The van der Waals surface area contributed by atoms with Gasteiger partial charge in [-0.15, -0.1) is 0 Å². The fourth-order valence-corrected chi connectivity index (χ4v) is 2.69. The van der Waals surface area contributed by atoms with E-state index < -0.39 is 11.8 Å². The minimum absolute atomic E-state index is 0.0608. The highest BCUT2D eigenvalue weighted by Gasteiger charge is 2.24. The molecule has 4 N–H and O–H groups in total. The first-order valence-electron chi connectivity index (χ1n) is 7.97. The van der Waals surface area contributed by atoms with Crippen LogP contribution in [0.2, 0.25) is 0 Å². The molecular weight excluding hydrogens is 353 g/mol. The Balaban J connectivity index is 1.55. The van der Waals surface area contributed by atoms with E-state index in [2.05, 4.69) is 30.9 Å². The Morgan fingerprint density at radius 1 is 1.19 bits per heavy atom. The summed E-state index contributed by atoms with van der Waals surface area (Å²) in [5.41, 5.74) is 1.88. The first-order chi connectivity index (χ1) is 13.1. The lowest BCUT2D eigenvalue weighted by atomic mass is 10.1. The van der Waals surface area contributed by atoms with Gasteiger partial charge in [0, 0.05) is 23.6 Å². The number of imidazole rings is 1. The topological polar surface area (TPSA) is 115 Å². The van der Waals surface area contributed by atoms with Crippen molar-refractivity contribution in [2.75, 3.05) is 20.9 Å². The number of H-pyrrole nitrogens is 1. The molecule has 10 heteroatoms. The molecule has 0 atom stereocenters. The monoisotopic (exact) mass is 367 g/mol. The van der Waals surface area contributed by atoms with E-state index in [0.29, 0.717) is 17.2 Å². The number of anilines is 4. The van der Waals surface area contributed by atoms with Gasteiger partial charge in [-0.25, -0.2) is 19.0 Å². The van der Waals surface area contributed by atoms with Crippen molar-refractivity contribution in [3.63, 3.8) is 0 Å². The summed E-state index contributed by atoms with van der Waals surface area (Å²) in [7, 11) is 0. The largest absolute Gasteiger partial charge is 0.331 e. The lowest BCUT2D eigenvalue weighted by molar-refractivity contribution is 0.256. The molecule has 4 amide bonds. The van der Waals surface area contributed by atoms with Crippen molar-refractivity contribution in [3.05, 3.63) is 60.6 Å². The standard InChI is InChI=1S/C17H14FN7O2/c18-12-2-1-11(5-14(12)22-16(26)24-15-7-20-9-21-15)25-8-10-6-19-4-3-13(10)23-17(25)27/h1-7,9H,8H2,(H,20,21)(H,23,27)(H2,22,24,26). The third kappa shape index (κ3) is 3.40. The Labute approximate surface area is 152 Å². The van der Waals surface area contributed by atoms with Gasteiger partial charge >= 0.3 is 12.1 Å². The summed E-state index contributed by atoms with van der Waals surface area (Å²) in [6, 6.07) is 4.76. The van der Waals surface area contributed by atoms with Crippen LogP contribution in [0.3, 0.4) is 0 Å². The average Bonchev–Trinajstić information content (AvgIpc) is 3.16. The Morgan fingerprint density at radius 3 is 2.89 bits per heavy atom. The SMILES string of the molecule is O=C(Nc1cnc[nH]1)Nc1cc(N2Cc3cnccc3NC2=O)ccc1F. The van der Waals surface area contributed by atoms with E-state index >= 15 is 0 Å². The molecule has 1 aliphatic rings. The molecule has 0 aliphatic carbocycles. The van der Waals surface area contributed by atoms with Gasteiger partial charge in [-0.1, -0.05) is 0 Å². The number of rotatable bonds is 3. The van der Waals surface area contributed by atoms with E-state index in [9.17, 15) is 14.0 Å². The highest BCUT2D eigenvalue weighted by atomic mass is 19.1. The molecule has 0 fully saturated rings. The minimum Gasteiger partial charge on any atom is -0.331 e. The highest BCUT2D eigenvalue weighted by Crippen LogP contribution is 2.29. The number of carbonyl (C=O) groups excluding carboxylic acids is 2. The summed E-state index contributed by atoms with van der Waals surface area (Å²) in [5, 5.41) is 7.66. The summed E-state index contributed by atoms with van der Waals surface area (Å²) in [5.74, 6) is -0.262. The van der Waals surface area contributed by atoms with E-state index in [4.69, 9.17) is 0 Å². The Morgan fingerprint density at radius 2 is 2.07 bits per heavy atom. The quantitative estimate of drug-likeness (QED) is 0.569. The Bertz CT molecular complexity index is 1010. The molecule has 0 radical (unpaired) electrons. The van der Waals surface area contributed by atoms with Gasteiger partial charge in [0.15, 0.2) is 0 Å². The van der Waals surface area contributed by atoms with E-state index in [1.165, 1.54) is 35.6 Å². The second-order valence-electron chi connectivity index (χ2n) is 5.76. The van der Waals surface area contributed by atoms with Crippen LogP contribution in [0, 0.1) is 5.82 Å². The number of nitrogens with zero attached hydrogens (tertiary/aromatic N) is 3. The third-order valence-electron chi connectivity index (χ3n) is 3.98. The maximum absolute atomic E-state index is 14.1. The molecule has 1 aromatic carbocycles. The Hall–Kier alpha value is -3.95. The number of aromatic amines is 1. The van der Waals surface area contributed by atoms with Crippen LogP contribution in [0.1, 0.15) is 5.56 Å². The number of amides is 4. The second kappa shape index (κ2) is 6.75. The van der Waals surface area contributed by atoms with Crippen molar-refractivity contribution in [1.29, 1.82) is 0 Å².